The summed E-state index contributed by atoms with van der Waals surface area (Å²) in [4.78, 5) is 10.3. The molecule has 0 aromatic heterocycles. The van der Waals surface area contributed by atoms with Crippen molar-refractivity contribution in [1.82, 2.24) is 0 Å². The van der Waals surface area contributed by atoms with E-state index in [-0.39, 0.29) is 6.61 Å². The Morgan fingerprint density at radius 1 is 1.43 bits per heavy atom. The Bertz CT molecular complexity index is 287. The molecule has 1 unspecified atom stereocenters. The topological polar surface area (TPSA) is 46.5 Å². The van der Waals surface area contributed by atoms with Gasteiger partial charge >= 0.3 is 5.97 Å². The first-order valence-corrected chi connectivity index (χ1v) is 4.62. The molecule has 0 heterocycles. The van der Waals surface area contributed by atoms with Crippen LogP contribution >= 0.6 is 11.6 Å². The summed E-state index contributed by atoms with van der Waals surface area (Å²) < 4.78 is 5.13. The first kappa shape index (κ1) is 11.0. The van der Waals surface area contributed by atoms with Gasteiger partial charge in [-0.25, -0.2) is 0 Å². The molecule has 0 radical (unpaired) electrons. The molecule has 1 rings (SSSR count). The van der Waals surface area contributed by atoms with E-state index in [2.05, 4.69) is 0 Å². The molecule has 14 heavy (non-hydrogen) atoms. The Kier molecular flexibility index (Phi) is 4.43. The SMILES string of the molecule is O=C(O)C(Cl)COCc1ccccc1. The minimum absolute atomic E-state index is 0.0196. The van der Waals surface area contributed by atoms with Crippen LogP contribution in [-0.4, -0.2) is 23.1 Å². The number of carboxylic acids is 1. The first-order valence-electron chi connectivity index (χ1n) is 4.18. The van der Waals surface area contributed by atoms with Gasteiger partial charge in [-0.1, -0.05) is 30.3 Å². The molecule has 0 aliphatic heterocycles. The van der Waals surface area contributed by atoms with Gasteiger partial charge in [0.25, 0.3) is 0 Å². The normalized spacial score (nSPS) is 12.4. The third-order valence-electron chi connectivity index (χ3n) is 1.64. The molecule has 0 bridgehead atoms. The fourth-order valence-corrected chi connectivity index (χ4v) is 1.01. The van der Waals surface area contributed by atoms with E-state index in [0.717, 1.165) is 5.56 Å². The molecular weight excluding hydrogens is 204 g/mol. The van der Waals surface area contributed by atoms with Crippen molar-refractivity contribution in [1.29, 1.82) is 0 Å². The maximum Gasteiger partial charge on any atom is 0.324 e. The molecule has 1 aromatic rings. The predicted molar refractivity (Wildman–Crippen MR) is 53.4 cm³/mol. The summed E-state index contributed by atoms with van der Waals surface area (Å²) >= 11 is 5.46. The zero-order chi connectivity index (χ0) is 10.4. The van der Waals surface area contributed by atoms with Crippen LogP contribution in [0.3, 0.4) is 0 Å². The van der Waals surface area contributed by atoms with E-state index in [1.54, 1.807) is 0 Å². The maximum absolute atomic E-state index is 10.3. The number of hydrogen-bond donors (Lipinski definition) is 1. The lowest BCUT2D eigenvalue weighted by Gasteiger charge is -2.05. The van der Waals surface area contributed by atoms with Crippen LogP contribution in [0.15, 0.2) is 30.3 Å². The third-order valence-corrected chi connectivity index (χ3v) is 1.96. The number of carbonyl (C=O) groups is 1. The molecule has 0 fully saturated rings. The zero-order valence-electron chi connectivity index (χ0n) is 7.52. The predicted octanol–water partition coefficient (Wildman–Crippen LogP) is 1.90. The van der Waals surface area contributed by atoms with E-state index >= 15 is 0 Å². The summed E-state index contributed by atoms with van der Waals surface area (Å²) in [5.41, 5.74) is 1.00. The monoisotopic (exact) mass is 214 g/mol. The summed E-state index contributed by atoms with van der Waals surface area (Å²) in [6.45, 7) is 0.406. The van der Waals surface area contributed by atoms with Gasteiger partial charge < -0.3 is 9.84 Å². The van der Waals surface area contributed by atoms with E-state index in [1.807, 2.05) is 30.3 Å². The van der Waals surface area contributed by atoms with Crippen molar-refractivity contribution in [3.05, 3.63) is 35.9 Å². The van der Waals surface area contributed by atoms with Gasteiger partial charge in [0.05, 0.1) is 13.2 Å². The van der Waals surface area contributed by atoms with Crippen molar-refractivity contribution in [2.75, 3.05) is 6.61 Å². The van der Waals surface area contributed by atoms with Crippen molar-refractivity contribution in [3.63, 3.8) is 0 Å². The van der Waals surface area contributed by atoms with Gasteiger partial charge in [0.2, 0.25) is 0 Å². The zero-order valence-corrected chi connectivity index (χ0v) is 8.28. The van der Waals surface area contributed by atoms with Crippen LogP contribution in [0.5, 0.6) is 0 Å². The largest absolute Gasteiger partial charge is 0.480 e. The highest BCUT2D eigenvalue weighted by molar-refractivity contribution is 6.29. The molecule has 1 N–H and O–H groups in total. The highest BCUT2D eigenvalue weighted by atomic mass is 35.5. The number of ether oxygens (including phenoxy) is 1. The fraction of sp³-hybridized carbons (Fsp3) is 0.300. The Hall–Kier alpha value is -1.06. The first-order chi connectivity index (χ1) is 6.70. The molecule has 1 atom stereocenters. The number of benzene rings is 1. The molecule has 0 aliphatic rings. The van der Waals surface area contributed by atoms with Crippen molar-refractivity contribution in [2.24, 2.45) is 0 Å². The van der Waals surface area contributed by atoms with Crippen LogP contribution < -0.4 is 0 Å². The van der Waals surface area contributed by atoms with E-state index in [1.165, 1.54) is 0 Å². The van der Waals surface area contributed by atoms with Crippen LogP contribution in [0.2, 0.25) is 0 Å². The van der Waals surface area contributed by atoms with E-state index in [0.29, 0.717) is 6.61 Å². The van der Waals surface area contributed by atoms with Crippen LogP contribution in [-0.2, 0) is 16.1 Å². The summed E-state index contributed by atoms with van der Waals surface area (Å²) in [5, 5.41) is 7.49. The number of aliphatic carboxylic acids is 1. The minimum atomic E-state index is -1.06. The lowest BCUT2D eigenvalue weighted by atomic mass is 10.2. The van der Waals surface area contributed by atoms with Gasteiger partial charge in [0.1, 0.15) is 0 Å². The second-order valence-electron chi connectivity index (χ2n) is 2.81. The second kappa shape index (κ2) is 5.62. The van der Waals surface area contributed by atoms with Crippen molar-refractivity contribution < 1.29 is 14.6 Å². The van der Waals surface area contributed by atoms with Crippen molar-refractivity contribution >= 4 is 17.6 Å². The van der Waals surface area contributed by atoms with E-state index in [9.17, 15) is 4.79 Å². The van der Waals surface area contributed by atoms with Gasteiger partial charge in [-0.3, -0.25) is 4.79 Å². The molecule has 0 saturated heterocycles. The highest BCUT2D eigenvalue weighted by Gasteiger charge is 2.12. The Labute approximate surface area is 87.3 Å². The molecule has 3 nitrogen and oxygen atoms in total. The number of carboxylic acid groups (broad SMARTS) is 1. The number of hydrogen-bond acceptors (Lipinski definition) is 2. The highest BCUT2D eigenvalue weighted by Crippen LogP contribution is 2.03. The molecule has 0 aliphatic carbocycles. The Balaban J connectivity index is 2.26. The van der Waals surface area contributed by atoms with E-state index in [4.69, 9.17) is 21.4 Å². The van der Waals surface area contributed by atoms with Crippen LogP contribution in [0.4, 0.5) is 0 Å². The molecular formula is C10H11ClO3. The maximum atomic E-state index is 10.3. The smallest absolute Gasteiger partial charge is 0.324 e. The minimum Gasteiger partial charge on any atom is -0.480 e. The second-order valence-corrected chi connectivity index (χ2v) is 3.33. The summed E-state index contributed by atoms with van der Waals surface area (Å²) in [6.07, 6.45) is 0. The molecule has 0 saturated carbocycles. The lowest BCUT2D eigenvalue weighted by Crippen LogP contribution is -2.19. The summed E-state index contributed by atoms with van der Waals surface area (Å²) in [7, 11) is 0. The van der Waals surface area contributed by atoms with Crippen molar-refractivity contribution in [2.45, 2.75) is 12.0 Å². The molecule has 76 valence electrons. The van der Waals surface area contributed by atoms with Gasteiger partial charge in [0, 0.05) is 0 Å². The van der Waals surface area contributed by atoms with Gasteiger partial charge in [-0.15, -0.1) is 11.6 Å². The van der Waals surface area contributed by atoms with Gasteiger partial charge in [0.15, 0.2) is 5.38 Å². The third kappa shape index (κ3) is 3.77. The summed E-state index contributed by atoms with van der Waals surface area (Å²) in [6, 6.07) is 9.52. The fourth-order valence-electron chi connectivity index (χ4n) is 0.926. The lowest BCUT2D eigenvalue weighted by molar-refractivity contribution is -0.137. The van der Waals surface area contributed by atoms with Gasteiger partial charge in [-0.2, -0.15) is 0 Å². The average Bonchev–Trinajstić information content (AvgIpc) is 2.19. The van der Waals surface area contributed by atoms with Crippen molar-refractivity contribution in [3.8, 4) is 0 Å². The quantitative estimate of drug-likeness (QED) is 0.762. The molecule has 4 heteroatoms. The van der Waals surface area contributed by atoms with Crippen LogP contribution in [0, 0.1) is 0 Å². The number of rotatable bonds is 5. The van der Waals surface area contributed by atoms with E-state index < -0.39 is 11.3 Å². The molecule has 0 spiro atoms. The Morgan fingerprint density at radius 3 is 2.64 bits per heavy atom. The van der Waals surface area contributed by atoms with Gasteiger partial charge in [-0.05, 0) is 5.56 Å². The average molecular weight is 215 g/mol. The van der Waals surface area contributed by atoms with Crippen LogP contribution in [0.25, 0.3) is 0 Å². The van der Waals surface area contributed by atoms with Crippen LogP contribution in [0.1, 0.15) is 5.56 Å². The number of halogens is 1. The number of alkyl halides is 1. The molecule has 0 amide bonds. The standard InChI is InChI=1S/C10H11ClO3/c11-9(10(12)13)7-14-6-8-4-2-1-3-5-8/h1-5,9H,6-7H2,(H,12,13). The molecule has 1 aromatic carbocycles. The Morgan fingerprint density at radius 2 is 2.07 bits per heavy atom. The summed E-state index contributed by atoms with van der Waals surface area (Å²) in [5.74, 6) is -1.06.